The van der Waals surface area contributed by atoms with Crippen LogP contribution in [0.1, 0.15) is 69.8 Å². The Morgan fingerprint density at radius 1 is 1.03 bits per heavy atom. The monoisotopic (exact) mass is 406 g/mol. The van der Waals surface area contributed by atoms with Crippen LogP contribution >= 0.6 is 0 Å². The Morgan fingerprint density at radius 2 is 1.80 bits per heavy atom. The van der Waals surface area contributed by atoms with Crippen molar-refractivity contribution in [2.75, 3.05) is 26.2 Å². The third-order valence-corrected chi connectivity index (χ3v) is 8.80. The molecule has 3 fully saturated rings. The molecule has 1 saturated heterocycles. The number of nitrogens with zero attached hydrogens (tertiary/aromatic N) is 1. The highest BCUT2D eigenvalue weighted by Gasteiger charge is 2.58. The molecule has 0 bridgehead atoms. The number of allylic oxidation sites excluding steroid dienone is 2. The maximum absolute atomic E-state index is 13.1. The van der Waals surface area contributed by atoms with E-state index in [1.54, 1.807) is 0 Å². The second-order valence-electron chi connectivity index (χ2n) is 10.6. The van der Waals surface area contributed by atoms with E-state index >= 15 is 0 Å². The Morgan fingerprint density at radius 3 is 2.50 bits per heavy atom. The number of amides is 1. The topological polar surface area (TPSA) is 32.3 Å². The Balaban J connectivity index is 1.12. The van der Waals surface area contributed by atoms with Crippen molar-refractivity contribution >= 4 is 5.91 Å². The fraction of sp³-hybridized carbons (Fsp3) is 0.667. The minimum atomic E-state index is 0.163. The van der Waals surface area contributed by atoms with Crippen LogP contribution in [0.5, 0.6) is 0 Å². The molecule has 1 aromatic rings. The second-order valence-corrected chi connectivity index (χ2v) is 10.6. The van der Waals surface area contributed by atoms with Gasteiger partial charge in [0.25, 0.3) is 0 Å². The predicted octanol–water partition coefficient (Wildman–Crippen LogP) is 5.07. The summed E-state index contributed by atoms with van der Waals surface area (Å²) < 4.78 is 0. The van der Waals surface area contributed by atoms with Crippen LogP contribution in [0.25, 0.3) is 0 Å². The van der Waals surface area contributed by atoms with Gasteiger partial charge in [-0.3, -0.25) is 4.79 Å². The number of rotatable bonds is 6. The van der Waals surface area contributed by atoms with Gasteiger partial charge in [0, 0.05) is 24.4 Å². The molecule has 2 saturated carbocycles. The minimum absolute atomic E-state index is 0.163. The molecule has 3 heteroatoms. The summed E-state index contributed by atoms with van der Waals surface area (Å²) in [7, 11) is 0. The highest BCUT2D eigenvalue weighted by atomic mass is 16.2. The van der Waals surface area contributed by atoms with E-state index in [0.717, 1.165) is 18.9 Å². The first kappa shape index (κ1) is 20.3. The maximum atomic E-state index is 13.1. The lowest BCUT2D eigenvalue weighted by Gasteiger charge is -2.35. The molecule has 0 unspecified atom stereocenters. The lowest BCUT2D eigenvalue weighted by Crippen LogP contribution is -2.42. The van der Waals surface area contributed by atoms with Crippen molar-refractivity contribution in [3.8, 4) is 0 Å². The molecule has 1 aliphatic heterocycles. The quantitative estimate of drug-likeness (QED) is 0.669. The molecule has 0 radical (unpaired) electrons. The molecule has 1 N–H and O–H groups in total. The molecule has 1 spiro atoms. The van der Waals surface area contributed by atoms with Crippen molar-refractivity contribution in [1.82, 2.24) is 10.2 Å². The molecule has 5 rings (SSSR count). The Bertz CT molecular complexity index is 756. The largest absolute Gasteiger partial charge is 0.355 e. The summed E-state index contributed by atoms with van der Waals surface area (Å²) in [5.41, 5.74) is 1.90. The van der Waals surface area contributed by atoms with Crippen LogP contribution in [0.2, 0.25) is 0 Å². The molecule has 1 aromatic carbocycles. The average Bonchev–Trinajstić information content (AvgIpc) is 3.27. The summed E-state index contributed by atoms with van der Waals surface area (Å²) in [6.45, 7) is 4.47. The Kier molecular flexibility index (Phi) is 5.75. The van der Waals surface area contributed by atoms with Gasteiger partial charge >= 0.3 is 0 Å². The van der Waals surface area contributed by atoms with E-state index in [1.807, 2.05) is 0 Å². The van der Waals surface area contributed by atoms with Crippen molar-refractivity contribution in [3.63, 3.8) is 0 Å². The molecular weight excluding hydrogens is 368 g/mol. The van der Waals surface area contributed by atoms with Crippen molar-refractivity contribution in [2.24, 2.45) is 17.3 Å². The molecule has 30 heavy (non-hydrogen) atoms. The van der Waals surface area contributed by atoms with Crippen LogP contribution < -0.4 is 5.32 Å². The molecule has 4 aliphatic rings. The lowest BCUT2D eigenvalue weighted by molar-refractivity contribution is -0.123. The Hall–Kier alpha value is -1.61. The first-order chi connectivity index (χ1) is 14.7. The minimum Gasteiger partial charge on any atom is -0.355 e. The van der Waals surface area contributed by atoms with E-state index in [-0.39, 0.29) is 11.3 Å². The fourth-order valence-electron chi connectivity index (χ4n) is 6.63. The summed E-state index contributed by atoms with van der Waals surface area (Å²) >= 11 is 0. The van der Waals surface area contributed by atoms with Crippen LogP contribution in [0.15, 0.2) is 42.5 Å². The third-order valence-electron chi connectivity index (χ3n) is 8.80. The zero-order chi connectivity index (χ0) is 20.4. The number of likely N-dealkylation sites (tertiary alicyclic amines) is 1. The van der Waals surface area contributed by atoms with Gasteiger partial charge in [0.1, 0.15) is 0 Å². The molecule has 1 heterocycles. The molecule has 162 valence electrons. The third kappa shape index (κ3) is 4.10. The fourth-order valence-corrected chi connectivity index (χ4v) is 6.63. The molecule has 0 aromatic heterocycles. The summed E-state index contributed by atoms with van der Waals surface area (Å²) in [5.74, 6) is 1.46. The van der Waals surface area contributed by atoms with E-state index < -0.39 is 0 Å². The van der Waals surface area contributed by atoms with Gasteiger partial charge < -0.3 is 10.2 Å². The number of piperidine rings is 1. The van der Waals surface area contributed by atoms with Crippen molar-refractivity contribution in [2.45, 2.75) is 69.6 Å². The van der Waals surface area contributed by atoms with Crippen molar-refractivity contribution < 1.29 is 4.79 Å². The molecule has 3 aliphatic carbocycles. The van der Waals surface area contributed by atoms with Crippen LogP contribution in [0.3, 0.4) is 0 Å². The number of hydrogen-bond acceptors (Lipinski definition) is 2. The summed E-state index contributed by atoms with van der Waals surface area (Å²) in [6.07, 6.45) is 17.1. The first-order valence-electron chi connectivity index (χ1n) is 12.4. The van der Waals surface area contributed by atoms with Gasteiger partial charge in [0.15, 0.2) is 0 Å². The molecule has 1 amide bonds. The van der Waals surface area contributed by atoms with E-state index in [4.69, 9.17) is 0 Å². The van der Waals surface area contributed by atoms with E-state index in [0.29, 0.717) is 11.3 Å². The highest BCUT2D eigenvalue weighted by Crippen LogP contribution is 2.59. The summed E-state index contributed by atoms with van der Waals surface area (Å²) in [6, 6.07) is 10.9. The zero-order valence-corrected chi connectivity index (χ0v) is 18.5. The van der Waals surface area contributed by atoms with Crippen LogP contribution in [-0.2, 0) is 10.2 Å². The van der Waals surface area contributed by atoms with Crippen LogP contribution in [-0.4, -0.2) is 37.0 Å². The van der Waals surface area contributed by atoms with Gasteiger partial charge in [-0.2, -0.15) is 0 Å². The number of carbonyl (C=O) groups excluding carboxylic acids is 1. The van der Waals surface area contributed by atoms with Gasteiger partial charge in [0.05, 0.1) is 0 Å². The van der Waals surface area contributed by atoms with Gasteiger partial charge in [-0.15, -0.1) is 0 Å². The van der Waals surface area contributed by atoms with E-state index in [9.17, 15) is 4.79 Å². The van der Waals surface area contributed by atoms with Gasteiger partial charge in [0.2, 0.25) is 5.91 Å². The van der Waals surface area contributed by atoms with E-state index in [2.05, 4.69) is 52.7 Å². The predicted molar refractivity (Wildman–Crippen MR) is 122 cm³/mol. The molecule has 3 nitrogen and oxygen atoms in total. The standard InChI is InChI=1S/C27H38N2O/c30-25(28-21-27(13-7-8-14-27)23-11-5-2-6-12-23)24-19-26(24)15-17-29(18-16-26)20-22-9-3-1-4-10-22/h1-3,5-6,11-12,22,24H,4,7-10,13-21H2,(H,28,30)/t22-,24-/m1/s1. The summed E-state index contributed by atoms with van der Waals surface area (Å²) in [4.78, 5) is 15.7. The smallest absolute Gasteiger partial charge is 0.223 e. The number of carbonyl (C=O) groups is 1. The molecule has 2 atom stereocenters. The Labute approximate surface area is 182 Å². The number of nitrogens with one attached hydrogen (secondary N) is 1. The first-order valence-corrected chi connectivity index (χ1v) is 12.4. The highest BCUT2D eigenvalue weighted by molar-refractivity contribution is 5.82. The van der Waals surface area contributed by atoms with Gasteiger partial charge in [-0.25, -0.2) is 0 Å². The van der Waals surface area contributed by atoms with Crippen LogP contribution in [0.4, 0.5) is 0 Å². The average molecular weight is 407 g/mol. The van der Waals surface area contributed by atoms with Gasteiger partial charge in [-0.05, 0) is 81.4 Å². The van der Waals surface area contributed by atoms with Crippen molar-refractivity contribution in [1.29, 1.82) is 0 Å². The second kappa shape index (κ2) is 8.49. The normalized spacial score (nSPS) is 29.7. The van der Waals surface area contributed by atoms with Crippen LogP contribution in [0, 0.1) is 17.3 Å². The SMILES string of the molecule is O=C(NCC1(c2ccccc2)CCCC1)[C@H]1CC12CCN(C[C@@H]1CC=CCC1)CC2. The lowest BCUT2D eigenvalue weighted by atomic mass is 9.78. The van der Waals surface area contributed by atoms with Crippen molar-refractivity contribution in [3.05, 3.63) is 48.0 Å². The zero-order valence-electron chi connectivity index (χ0n) is 18.5. The number of benzene rings is 1. The molecular formula is C27H38N2O. The van der Waals surface area contributed by atoms with Gasteiger partial charge in [-0.1, -0.05) is 55.3 Å². The van der Waals surface area contributed by atoms with E-state index in [1.165, 1.54) is 83.0 Å². The maximum Gasteiger partial charge on any atom is 0.223 e. The number of hydrogen-bond donors (Lipinski definition) is 1. The summed E-state index contributed by atoms with van der Waals surface area (Å²) in [5, 5.41) is 3.41.